The molecule has 0 saturated heterocycles. The molecule has 6 heteroatoms. The Bertz CT molecular complexity index is 702. The van der Waals surface area contributed by atoms with Crippen LogP contribution in [0.25, 0.3) is 17.1 Å². The van der Waals surface area contributed by atoms with Crippen LogP contribution in [0.15, 0.2) is 34.9 Å². The van der Waals surface area contributed by atoms with Gasteiger partial charge < -0.3 is 15.5 Å². The molecule has 0 aliphatic heterocycles. The molecule has 0 aromatic carbocycles. The molecular formula is C14H17N5O. The minimum absolute atomic E-state index is 0.567. The zero-order valence-electron chi connectivity index (χ0n) is 11.3. The maximum Gasteiger partial charge on any atom is 0.158 e. The Morgan fingerprint density at radius 2 is 2.30 bits per heavy atom. The minimum atomic E-state index is 0.567. The van der Waals surface area contributed by atoms with Gasteiger partial charge in [-0.1, -0.05) is 6.92 Å². The molecule has 3 rings (SSSR count). The summed E-state index contributed by atoms with van der Waals surface area (Å²) < 4.78 is 7.17. The summed E-state index contributed by atoms with van der Waals surface area (Å²) in [6, 6.07) is 7.65. The number of hydrogen-bond donors (Lipinski definition) is 2. The van der Waals surface area contributed by atoms with Crippen LogP contribution in [0, 0.1) is 0 Å². The number of nitrogens with zero attached hydrogens (tertiary/aromatic N) is 3. The van der Waals surface area contributed by atoms with Crippen LogP contribution in [-0.2, 0) is 6.42 Å². The Balaban J connectivity index is 2.11. The quantitative estimate of drug-likeness (QED) is 0.741. The average Bonchev–Trinajstić information content (AvgIpc) is 3.12. The second-order valence-electron chi connectivity index (χ2n) is 4.48. The van der Waals surface area contributed by atoms with Crippen LogP contribution in [0.5, 0.6) is 0 Å². The van der Waals surface area contributed by atoms with E-state index < -0.39 is 0 Å². The van der Waals surface area contributed by atoms with Gasteiger partial charge in [0.05, 0.1) is 6.26 Å². The zero-order valence-corrected chi connectivity index (χ0v) is 11.3. The number of nitrogens with two attached hydrogens (primary N) is 1. The van der Waals surface area contributed by atoms with Crippen molar-refractivity contribution in [2.45, 2.75) is 13.3 Å². The number of fused-ring (bicyclic) bond motifs is 1. The molecule has 20 heavy (non-hydrogen) atoms. The molecule has 0 atom stereocenters. The first-order valence-corrected chi connectivity index (χ1v) is 6.69. The number of aryl methyl sites for hydroxylation is 1. The van der Waals surface area contributed by atoms with Crippen LogP contribution >= 0.6 is 0 Å². The Labute approximate surface area is 116 Å². The van der Waals surface area contributed by atoms with Crippen LogP contribution in [0.3, 0.4) is 0 Å². The van der Waals surface area contributed by atoms with Crippen LogP contribution in [0.4, 0.5) is 5.82 Å². The van der Waals surface area contributed by atoms with E-state index >= 15 is 0 Å². The van der Waals surface area contributed by atoms with E-state index in [0.717, 1.165) is 35.0 Å². The minimum Gasteiger partial charge on any atom is -0.463 e. The predicted molar refractivity (Wildman–Crippen MR) is 77.6 cm³/mol. The fourth-order valence-electron chi connectivity index (χ4n) is 2.08. The van der Waals surface area contributed by atoms with Gasteiger partial charge in [0, 0.05) is 30.9 Å². The van der Waals surface area contributed by atoms with E-state index in [2.05, 4.69) is 22.3 Å². The Morgan fingerprint density at radius 3 is 3.00 bits per heavy atom. The Kier molecular flexibility index (Phi) is 3.39. The van der Waals surface area contributed by atoms with E-state index in [-0.39, 0.29) is 0 Å². The molecule has 3 aromatic rings. The zero-order chi connectivity index (χ0) is 13.9. The van der Waals surface area contributed by atoms with Crippen molar-refractivity contribution in [3.05, 3.63) is 36.2 Å². The second kappa shape index (κ2) is 5.34. The highest BCUT2D eigenvalue weighted by molar-refractivity contribution is 5.61. The lowest BCUT2D eigenvalue weighted by atomic mass is 10.3. The van der Waals surface area contributed by atoms with E-state index in [9.17, 15) is 0 Å². The van der Waals surface area contributed by atoms with E-state index in [4.69, 9.17) is 10.2 Å². The van der Waals surface area contributed by atoms with Gasteiger partial charge in [-0.2, -0.15) is 9.61 Å². The summed E-state index contributed by atoms with van der Waals surface area (Å²) in [6.07, 6.45) is 2.51. The van der Waals surface area contributed by atoms with Gasteiger partial charge in [0.1, 0.15) is 11.5 Å². The summed E-state index contributed by atoms with van der Waals surface area (Å²) in [4.78, 5) is 4.58. The maximum absolute atomic E-state index is 5.55. The Hall–Kier alpha value is -2.34. The molecule has 0 saturated carbocycles. The molecule has 0 spiro atoms. The van der Waals surface area contributed by atoms with Crippen molar-refractivity contribution in [2.75, 3.05) is 18.4 Å². The molecule has 3 N–H and O–H groups in total. The smallest absolute Gasteiger partial charge is 0.158 e. The molecular weight excluding hydrogens is 254 g/mol. The molecule has 0 unspecified atom stereocenters. The lowest BCUT2D eigenvalue weighted by Crippen LogP contribution is -2.16. The van der Waals surface area contributed by atoms with Gasteiger partial charge in [-0.05, 0) is 18.6 Å². The second-order valence-corrected chi connectivity index (χ2v) is 4.48. The number of furan rings is 1. The average molecular weight is 271 g/mol. The number of rotatable bonds is 5. The fraction of sp³-hybridized carbons (Fsp3) is 0.286. The van der Waals surface area contributed by atoms with E-state index in [1.807, 2.05) is 24.3 Å². The highest BCUT2D eigenvalue weighted by Crippen LogP contribution is 2.22. The molecule has 0 bridgehead atoms. The third-order valence-electron chi connectivity index (χ3n) is 3.07. The topological polar surface area (TPSA) is 81.4 Å². The van der Waals surface area contributed by atoms with Crippen LogP contribution in [0.1, 0.15) is 12.6 Å². The van der Waals surface area contributed by atoms with Crippen molar-refractivity contribution >= 4 is 11.5 Å². The third kappa shape index (κ3) is 2.25. The third-order valence-corrected chi connectivity index (χ3v) is 3.07. The standard InChI is InChI=1S/C14H17N5O/c1-2-10-8-13(16-6-5-15)19-14(17-10)9-11(18-19)12-4-3-7-20-12/h3-4,7-9,16H,2,5-6,15H2,1H3. The predicted octanol–water partition coefficient (Wildman–Crippen LogP) is 1.92. The summed E-state index contributed by atoms with van der Waals surface area (Å²) in [5.41, 5.74) is 8.14. The van der Waals surface area contributed by atoms with Crippen molar-refractivity contribution in [3.8, 4) is 11.5 Å². The molecule has 0 aliphatic carbocycles. The number of aromatic nitrogens is 3. The van der Waals surface area contributed by atoms with E-state index in [1.54, 1.807) is 10.8 Å². The fourth-order valence-corrected chi connectivity index (χ4v) is 2.08. The summed E-state index contributed by atoms with van der Waals surface area (Å²) in [6.45, 7) is 3.34. The molecule has 0 amide bonds. The molecule has 0 fully saturated rings. The first kappa shape index (κ1) is 12.7. The molecule has 0 aliphatic rings. The highest BCUT2D eigenvalue weighted by Gasteiger charge is 2.11. The van der Waals surface area contributed by atoms with Crippen molar-refractivity contribution in [3.63, 3.8) is 0 Å². The molecule has 3 aromatic heterocycles. The SMILES string of the molecule is CCc1cc(NCCN)n2nc(-c3ccco3)cc2n1. The number of nitrogens with one attached hydrogen (secondary N) is 1. The van der Waals surface area contributed by atoms with E-state index in [0.29, 0.717) is 13.1 Å². The molecule has 104 valence electrons. The summed E-state index contributed by atoms with van der Waals surface area (Å²) in [7, 11) is 0. The van der Waals surface area contributed by atoms with Crippen molar-refractivity contribution in [1.82, 2.24) is 14.6 Å². The first-order chi connectivity index (χ1) is 9.81. The maximum atomic E-state index is 5.55. The normalized spacial score (nSPS) is 11.1. The lowest BCUT2D eigenvalue weighted by Gasteiger charge is -2.08. The van der Waals surface area contributed by atoms with Crippen molar-refractivity contribution < 1.29 is 4.42 Å². The highest BCUT2D eigenvalue weighted by atomic mass is 16.3. The number of anilines is 1. The summed E-state index contributed by atoms with van der Waals surface area (Å²) >= 11 is 0. The molecule has 0 radical (unpaired) electrons. The number of hydrogen-bond acceptors (Lipinski definition) is 5. The van der Waals surface area contributed by atoms with Gasteiger partial charge in [-0.15, -0.1) is 0 Å². The van der Waals surface area contributed by atoms with Gasteiger partial charge in [-0.25, -0.2) is 4.98 Å². The lowest BCUT2D eigenvalue weighted by molar-refractivity contribution is 0.579. The van der Waals surface area contributed by atoms with Crippen molar-refractivity contribution in [1.29, 1.82) is 0 Å². The Morgan fingerprint density at radius 1 is 1.40 bits per heavy atom. The van der Waals surface area contributed by atoms with Crippen molar-refractivity contribution in [2.24, 2.45) is 5.73 Å². The van der Waals surface area contributed by atoms with Gasteiger partial charge in [-0.3, -0.25) is 0 Å². The van der Waals surface area contributed by atoms with Crippen LogP contribution in [0.2, 0.25) is 0 Å². The first-order valence-electron chi connectivity index (χ1n) is 6.69. The van der Waals surface area contributed by atoms with Crippen LogP contribution in [-0.4, -0.2) is 27.7 Å². The van der Waals surface area contributed by atoms with E-state index in [1.165, 1.54) is 0 Å². The largest absolute Gasteiger partial charge is 0.463 e. The monoisotopic (exact) mass is 271 g/mol. The van der Waals surface area contributed by atoms with Gasteiger partial charge in [0.2, 0.25) is 0 Å². The summed E-state index contributed by atoms with van der Waals surface area (Å²) in [5.74, 6) is 1.63. The van der Waals surface area contributed by atoms with Crippen LogP contribution < -0.4 is 11.1 Å². The van der Waals surface area contributed by atoms with Gasteiger partial charge >= 0.3 is 0 Å². The molecule has 6 nitrogen and oxygen atoms in total. The van der Waals surface area contributed by atoms with Gasteiger partial charge in [0.25, 0.3) is 0 Å². The summed E-state index contributed by atoms with van der Waals surface area (Å²) in [5, 5.41) is 7.82. The molecule has 3 heterocycles. The van der Waals surface area contributed by atoms with Gasteiger partial charge in [0.15, 0.2) is 11.4 Å².